The fraction of sp³-hybridized carbons (Fsp3) is 0.267. The molecule has 1 saturated carbocycles. The summed E-state index contributed by atoms with van der Waals surface area (Å²) in [4.78, 5) is 15.4. The van der Waals surface area contributed by atoms with E-state index in [1.807, 2.05) is 29.2 Å². The molecule has 1 amide bonds. The Morgan fingerprint density at radius 2 is 2.00 bits per heavy atom. The maximum Gasteiger partial charge on any atom is 0.254 e. The van der Waals surface area contributed by atoms with Crippen molar-refractivity contribution in [2.75, 3.05) is 0 Å². The lowest BCUT2D eigenvalue weighted by Crippen LogP contribution is -2.32. The molecule has 1 aromatic carbocycles. The fourth-order valence-corrected chi connectivity index (χ4v) is 2.91. The average Bonchev–Trinajstić information content (AvgIpc) is 3.13. The van der Waals surface area contributed by atoms with Crippen LogP contribution in [0.3, 0.4) is 0 Å². The zero-order valence-corrected chi connectivity index (χ0v) is 12.2. The molecule has 0 bridgehead atoms. The molecular formula is C15H15NOS2. The van der Waals surface area contributed by atoms with E-state index in [0.29, 0.717) is 6.04 Å². The van der Waals surface area contributed by atoms with Crippen LogP contribution in [0.2, 0.25) is 0 Å². The average molecular weight is 289 g/mol. The number of hydrogen-bond acceptors (Lipinski definition) is 3. The second-order valence-electron chi connectivity index (χ2n) is 4.84. The minimum atomic E-state index is 0.127. The topological polar surface area (TPSA) is 20.3 Å². The monoisotopic (exact) mass is 289 g/mol. The summed E-state index contributed by atoms with van der Waals surface area (Å²) in [6, 6.07) is 9.95. The third kappa shape index (κ3) is 3.01. The number of hydrogen-bond donors (Lipinski definition) is 1. The highest BCUT2D eigenvalue weighted by Gasteiger charge is 2.33. The van der Waals surface area contributed by atoms with Crippen molar-refractivity contribution >= 4 is 29.9 Å². The number of thiol groups is 1. The molecule has 4 heteroatoms. The Bertz CT molecular complexity index is 558. The van der Waals surface area contributed by atoms with Gasteiger partial charge in [-0.3, -0.25) is 4.79 Å². The first kappa shape index (κ1) is 12.8. The van der Waals surface area contributed by atoms with Crippen LogP contribution in [-0.4, -0.2) is 16.8 Å². The smallest absolute Gasteiger partial charge is 0.254 e. The van der Waals surface area contributed by atoms with E-state index in [-0.39, 0.29) is 5.91 Å². The summed E-state index contributed by atoms with van der Waals surface area (Å²) in [6.45, 7) is 0.718. The van der Waals surface area contributed by atoms with Crippen molar-refractivity contribution in [2.45, 2.75) is 30.3 Å². The molecule has 1 aliphatic rings. The summed E-state index contributed by atoms with van der Waals surface area (Å²) in [5.41, 5.74) is 1.97. The largest absolute Gasteiger partial charge is 0.331 e. The normalized spacial score (nSPS) is 14.4. The van der Waals surface area contributed by atoms with E-state index < -0.39 is 0 Å². The number of thiophene rings is 1. The van der Waals surface area contributed by atoms with Gasteiger partial charge in [0.2, 0.25) is 0 Å². The van der Waals surface area contributed by atoms with E-state index in [1.54, 1.807) is 11.3 Å². The van der Waals surface area contributed by atoms with Gasteiger partial charge in [-0.15, -0.1) is 12.6 Å². The van der Waals surface area contributed by atoms with Crippen LogP contribution in [0.15, 0.2) is 46.0 Å². The van der Waals surface area contributed by atoms with Crippen LogP contribution in [0.1, 0.15) is 28.8 Å². The highest BCUT2D eigenvalue weighted by atomic mass is 32.1. The standard InChI is InChI=1S/C15H15NOS2/c17-15(12-1-5-14(18)6-2-12)16(13-3-4-13)9-11-7-8-19-10-11/h1-2,5-8,10,13,18H,3-4,9H2. The van der Waals surface area contributed by atoms with Crippen molar-refractivity contribution in [1.82, 2.24) is 4.90 Å². The van der Waals surface area contributed by atoms with Crippen molar-refractivity contribution in [3.05, 3.63) is 52.2 Å². The molecule has 0 aliphatic heterocycles. The van der Waals surface area contributed by atoms with Gasteiger partial charge in [-0.1, -0.05) is 0 Å². The maximum absolute atomic E-state index is 12.6. The number of carbonyl (C=O) groups is 1. The molecule has 3 rings (SSSR count). The van der Waals surface area contributed by atoms with Crippen molar-refractivity contribution in [2.24, 2.45) is 0 Å². The van der Waals surface area contributed by atoms with Gasteiger partial charge in [-0.2, -0.15) is 11.3 Å². The van der Waals surface area contributed by atoms with Gasteiger partial charge in [0, 0.05) is 23.0 Å². The molecule has 0 N–H and O–H groups in total. The Balaban J connectivity index is 1.79. The van der Waals surface area contributed by atoms with Gasteiger partial charge < -0.3 is 4.90 Å². The second kappa shape index (κ2) is 5.39. The van der Waals surface area contributed by atoms with Gasteiger partial charge in [0.1, 0.15) is 0 Å². The molecule has 0 spiro atoms. The molecular weight excluding hydrogens is 274 g/mol. The third-order valence-corrected chi connectivity index (χ3v) is 4.33. The molecule has 0 radical (unpaired) electrons. The number of amides is 1. The predicted octanol–water partition coefficient (Wildman–Crippen LogP) is 3.84. The number of nitrogens with zero attached hydrogens (tertiary/aromatic N) is 1. The number of carbonyl (C=O) groups excluding carboxylic acids is 1. The van der Waals surface area contributed by atoms with Crippen LogP contribution < -0.4 is 0 Å². The first-order valence-corrected chi connectivity index (χ1v) is 7.74. The van der Waals surface area contributed by atoms with E-state index in [2.05, 4.69) is 29.5 Å². The molecule has 98 valence electrons. The lowest BCUT2D eigenvalue weighted by atomic mass is 10.2. The van der Waals surface area contributed by atoms with Crippen molar-refractivity contribution < 1.29 is 4.79 Å². The first-order valence-electron chi connectivity index (χ1n) is 6.35. The summed E-state index contributed by atoms with van der Waals surface area (Å²) in [5.74, 6) is 0.127. The van der Waals surface area contributed by atoms with Crippen LogP contribution in [0.5, 0.6) is 0 Å². The number of benzene rings is 1. The lowest BCUT2D eigenvalue weighted by molar-refractivity contribution is 0.0730. The quantitative estimate of drug-likeness (QED) is 0.848. The van der Waals surface area contributed by atoms with Gasteiger partial charge in [-0.25, -0.2) is 0 Å². The van der Waals surface area contributed by atoms with Crippen LogP contribution >= 0.6 is 24.0 Å². The minimum Gasteiger partial charge on any atom is -0.331 e. The van der Waals surface area contributed by atoms with E-state index in [4.69, 9.17) is 0 Å². The summed E-state index contributed by atoms with van der Waals surface area (Å²) in [7, 11) is 0. The van der Waals surface area contributed by atoms with Gasteiger partial charge >= 0.3 is 0 Å². The third-order valence-electron chi connectivity index (χ3n) is 3.30. The molecule has 1 fully saturated rings. The zero-order chi connectivity index (χ0) is 13.2. The highest BCUT2D eigenvalue weighted by molar-refractivity contribution is 7.80. The molecule has 2 nitrogen and oxygen atoms in total. The lowest BCUT2D eigenvalue weighted by Gasteiger charge is -2.22. The van der Waals surface area contributed by atoms with Crippen molar-refractivity contribution in [1.29, 1.82) is 0 Å². The van der Waals surface area contributed by atoms with Gasteiger partial charge in [0.25, 0.3) is 5.91 Å². The number of rotatable bonds is 4. The van der Waals surface area contributed by atoms with Gasteiger partial charge in [0.05, 0.1) is 0 Å². The van der Waals surface area contributed by atoms with Gasteiger partial charge in [0.15, 0.2) is 0 Å². The van der Waals surface area contributed by atoms with E-state index >= 15 is 0 Å². The van der Waals surface area contributed by atoms with Crippen LogP contribution in [0, 0.1) is 0 Å². The Morgan fingerprint density at radius 1 is 1.26 bits per heavy atom. The van der Waals surface area contributed by atoms with E-state index in [1.165, 1.54) is 5.56 Å². The Morgan fingerprint density at radius 3 is 2.58 bits per heavy atom. The first-order chi connectivity index (χ1) is 9.24. The Hall–Kier alpha value is -1.26. The highest BCUT2D eigenvalue weighted by Crippen LogP contribution is 2.30. The molecule has 0 saturated heterocycles. The van der Waals surface area contributed by atoms with Crippen LogP contribution in [-0.2, 0) is 6.54 Å². The summed E-state index contributed by atoms with van der Waals surface area (Å²) < 4.78 is 0. The molecule has 1 aliphatic carbocycles. The van der Waals surface area contributed by atoms with Crippen LogP contribution in [0.4, 0.5) is 0 Å². The molecule has 0 atom stereocenters. The zero-order valence-electron chi connectivity index (χ0n) is 10.5. The SMILES string of the molecule is O=C(c1ccc(S)cc1)N(Cc1ccsc1)C1CC1. The second-order valence-corrected chi connectivity index (χ2v) is 6.14. The molecule has 1 aromatic heterocycles. The summed E-state index contributed by atoms with van der Waals surface area (Å²) >= 11 is 5.93. The predicted molar refractivity (Wildman–Crippen MR) is 80.9 cm³/mol. The molecule has 1 heterocycles. The van der Waals surface area contributed by atoms with Crippen molar-refractivity contribution in [3.63, 3.8) is 0 Å². The summed E-state index contributed by atoms with van der Waals surface area (Å²) in [6.07, 6.45) is 2.25. The Labute approximate surface area is 122 Å². The fourth-order valence-electron chi connectivity index (χ4n) is 2.10. The van der Waals surface area contributed by atoms with E-state index in [0.717, 1.165) is 29.8 Å². The Kier molecular flexibility index (Phi) is 3.62. The minimum absolute atomic E-state index is 0.127. The molecule has 0 unspecified atom stereocenters. The maximum atomic E-state index is 12.6. The molecule has 2 aromatic rings. The van der Waals surface area contributed by atoms with Gasteiger partial charge in [-0.05, 0) is 59.5 Å². The van der Waals surface area contributed by atoms with Crippen molar-refractivity contribution in [3.8, 4) is 0 Å². The van der Waals surface area contributed by atoms with E-state index in [9.17, 15) is 4.79 Å². The summed E-state index contributed by atoms with van der Waals surface area (Å²) in [5, 5.41) is 4.17. The van der Waals surface area contributed by atoms with Crippen LogP contribution in [0.25, 0.3) is 0 Å². The molecule has 19 heavy (non-hydrogen) atoms.